The number of ether oxygens (including phenoxy) is 2. The maximum atomic E-state index is 13.3. The average Bonchev–Trinajstić information content (AvgIpc) is 2.79. The van der Waals surface area contributed by atoms with Gasteiger partial charge in [0, 0.05) is 41.5 Å². The van der Waals surface area contributed by atoms with Crippen molar-refractivity contribution in [3.8, 4) is 17.0 Å². The number of methoxy groups -OCH3 is 1. The Morgan fingerprint density at radius 3 is 2.56 bits per heavy atom. The smallest absolute Gasteiger partial charge is 0.330 e. The second-order valence-electron chi connectivity index (χ2n) is 6.78. The Morgan fingerprint density at radius 2 is 1.91 bits per heavy atom. The summed E-state index contributed by atoms with van der Waals surface area (Å²) in [6.45, 7) is 1.93. The SMILES string of the molecule is CCOC(=O)/C=C/c1cc(=O)n(C)cc1-c1ncc(OC)cc1C(=O)c1ccc(Cl)cc1. The Morgan fingerprint density at radius 1 is 1.19 bits per heavy atom. The summed E-state index contributed by atoms with van der Waals surface area (Å²) in [5, 5.41) is 0.509. The van der Waals surface area contributed by atoms with Crippen LogP contribution in [0.25, 0.3) is 17.3 Å². The molecule has 3 rings (SSSR count). The molecular formula is C24H21ClN2O5. The van der Waals surface area contributed by atoms with Crippen molar-refractivity contribution in [2.24, 2.45) is 7.05 Å². The van der Waals surface area contributed by atoms with Gasteiger partial charge >= 0.3 is 5.97 Å². The van der Waals surface area contributed by atoms with Crippen molar-refractivity contribution in [3.05, 3.63) is 86.9 Å². The van der Waals surface area contributed by atoms with Crippen molar-refractivity contribution >= 4 is 29.4 Å². The predicted octanol–water partition coefficient (Wildman–Crippen LogP) is 3.92. The summed E-state index contributed by atoms with van der Waals surface area (Å²) in [6.07, 6.45) is 5.75. The van der Waals surface area contributed by atoms with E-state index in [1.54, 1.807) is 50.5 Å². The van der Waals surface area contributed by atoms with Crippen LogP contribution in [-0.4, -0.2) is 35.0 Å². The molecule has 0 aliphatic carbocycles. The fourth-order valence-corrected chi connectivity index (χ4v) is 3.16. The van der Waals surface area contributed by atoms with E-state index in [2.05, 4.69) is 4.98 Å². The van der Waals surface area contributed by atoms with Crippen LogP contribution >= 0.6 is 11.6 Å². The molecule has 32 heavy (non-hydrogen) atoms. The normalized spacial score (nSPS) is 10.9. The molecule has 0 saturated carbocycles. The van der Waals surface area contributed by atoms with E-state index in [4.69, 9.17) is 21.1 Å². The van der Waals surface area contributed by atoms with Crippen LogP contribution in [0.5, 0.6) is 5.75 Å². The number of carbonyl (C=O) groups excluding carboxylic acids is 2. The number of pyridine rings is 2. The van der Waals surface area contributed by atoms with E-state index in [9.17, 15) is 14.4 Å². The van der Waals surface area contributed by atoms with Gasteiger partial charge in [0.1, 0.15) is 5.75 Å². The van der Waals surface area contributed by atoms with E-state index in [1.807, 2.05) is 0 Å². The van der Waals surface area contributed by atoms with Crippen LogP contribution in [0.3, 0.4) is 0 Å². The molecule has 0 atom stereocenters. The standard InChI is InChI=1S/C24H21ClN2O5/c1-4-32-22(29)10-7-16-11-21(28)27(2)14-20(16)23-19(12-18(31-3)13-26-23)24(30)15-5-8-17(25)9-6-15/h5-14H,4H2,1-3H3/b10-7+. The van der Waals surface area contributed by atoms with Crippen molar-refractivity contribution in [1.82, 2.24) is 9.55 Å². The lowest BCUT2D eigenvalue weighted by Gasteiger charge is -2.13. The zero-order valence-corrected chi connectivity index (χ0v) is 18.6. The number of rotatable bonds is 7. The first-order valence-corrected chi connectivity index (χ1v) is 10.1. The highest BCUT2D eigenvalue weighted by Gasteiger charge is 2.20. The number of hydrogen-bond donors (Lipinski definition) is 0. The summed E-state index contributed by atoms with van der Waals surface area (Å²) in [5.41, 5.74) is 1.66. The molecule has 1 aromatic carbocycles. The highest BCUT2D eigenvalue weighted by molar-refractivity contribution is 6.30. The summed E-state index contributed by atoms with van der Waals surface area (Å²) < 4.78 is 11.6. The van der Waals surface area contributed by atoms with Crippen molar-refractivity contribution in [2.45, 2.75) is 6.92 Å². The lowest BCUT2D eigenvalue weighted by atomic mass is 9.96. The lowest BCUT2D eigenvalue weighted by molar-refractivity contribution is -0.137. The third-order valence-electron chi connectivity index (χ3n) is 4.65. The molecule has 0 unspecified atom stereocenters. The molecule has 8 heteroatoms. The van der Waals surface area contributed by atoms with E-state index in [0.29, 0.717) is 33.2 Å². The topological polar surface area (TPSA) is 87.5 Å². The Hall–Kier alpha value is -3.71. The molecule has 164 valence electrons. The van der Waals surface area contributed by atoms with Gasteiger partial charge in [0.05, 0.1) is 31.2 Å². The minimum absolute atomic E-state index is 0.229. The average molecular weight is 453 g/mol. The molecule has 0 fully saturated rings. The summed E-state index contributed by atoms with van der Waals surface area (Å²) in [7, 11) is 3.07. The van der Waals surface area contributed by atoms with E-state index < -0.39 is 5.97 Å². The molecular weight excluding hydrogens is 432 g/mol. The zero-order chi connectivity index (χ0) is 23.3. The number of hydrogen-bond acceptors (Lipinski definition) is 6. The first kappa shape index (κ1) is 23.0. The number of halogens is 1. The summed E-state index contributed by atoms with van der Waals surface area (Å²) in [4.78, 5) is 41.8. The van der Waals surface area contributed by atoms with E-state index in [0.717, 1.165) is 0 Å². The van der Waals surface area contributed by atoms with E-state index in [1.165, 1.54) is 36.1 Å². The molecule has 0 amide bonds. The number of nitrogens with zero attached hydrogens (tertiary/aromatic N) is 2. The Kier molecular flexibility index (Phi) is 7.22. The molecule has 0 bridgehead atoms. The van der Waals surface area contributed by atoms with Crippen LogP contribution in [0.1, 0.15) is 28.4 Å². The number of esters is 1. The van der Waals surface area contributed by atoms with Gasteiger partial charge in [-0.2, -0.15) is 0 Å². The van der Waals surface area contributed by atoms with Crippen molar-refractivity contribution in [3.63, 3.8) is 0 Å². The van der Waals surface area contributed by atoms with Gasteiger partial charge in [-0.1, -0.05) is 11.6 Å². The number of ketones is 1. The first-order valence-electron chi connectivity index (χ1n) is 9.74. The number of aromatic nitrogens is 2. The van der Waals surface area contributed by atoms with Gasteiger partial charge in [0.15, 0.2) is 5.78 Å². The maximum Gasteiger partial charge on any atom is 0.330 e. The third-order valence-corrected chi connectivity index (χ3v) is 4.90. The second kappa shape index (κ2) is 10.1. The molecule has 2 heterocycles. The minimum Gasteiger partial charge on any atom is -0.495 e. The van der Waals surface area contributed by atoms with Crippen molar-refractivity contribution < 1.29 is 19.1 Å². The quantitative estimate of drug-likeness (QED) is 0.307. The van der Waals surface area contributed by atoms with Crippen molar-refractivity contribution in [2.75, 3.05) is 13.7 Å². The Balaban J connectivity index is 2.20. The first-order chi connectivity index (χ1) is 15.3. The van der Waals surface area contributed by atoms with Crippen molar-refractivity contribution in [1.29, 1.82) is 0 Å². The highest BCUT2D eigenvalue weighted by Crippen LogP contribution is 2.30. The van der Waals surface area contributed by atoms with Crippen LogP contribution in [0.2, 0.25) is 5.02 Å². The number of aryl methyl sites for hydroxylation is 1. The largest absolute Gasteiger partial charge is 0.495 e. The Labute approximate surface area is 189 Å². The van der Waals surface area contributed by atoms with Crippen LogP contribution in [0, 0.1) is 0 Å². The fourth-order valence-electron chi connectivity index (χ4n) is 3.03. The zero-order valence-electron chi connectivity index (χ0n) is 17.8. The predicted molar refractivity (Wildman–Crippen MR) is 122 cm³/mol. The fraction of sp³-hybridized carbons (Fsp3) is 0.167. The highest BCUT2D eigenvalue weighted by atomic mass is 35.5. The van der Waals surface area contributed by atoms with Gasteiger partial charge in [-0.25, -0.2) is 4.79 Å². The van der Waals surface area contributed by atoms with Gasteiger partial charge in [-0.15, -0.1) is 0 Å². The third kappa shape index (κ3) is 5.12. The van der Waals surface area contributed by atoms with E-state index >= 15 is 0 Å². The molecule has 3 aromatic rings. The molecule has 0 aliphatic rings. The summed E-state index contributed by atoms with van der Waals surface area (Å²) >= 11 is 5.95. The van der Waals surface area contributed by atoms with Crippen LogP contribution in [0.4, 0.5) is 0 Å². The molecule has 2 aromatic heterocycles. The maximum absolute atomic E-state index is 13.3. The van der Waals surface area contributed by atoms with Gasteiger partial charge < -0.3 is 14.0 Å². The number of benzene rings is 1. The molecule has 7 nitrogen and oxygen atoms in total. The van der Waals surface area contributed by atoms with Crippen LogP contribution in [-0.2, 0) is 16.6 Å². The van der Waals surface area contributed by atoms with E-state index in [-0.39, 0.29) is 23.5 Å². The second-order valence-corrected chi connectivity index (χ2v) is 7.22. The number of carbonyl (C=O) groups is 2. The van der Waals surface area contributed by atoms with Gasteiger partial charge in [0.2, 0.25) is 0 Å². The van der Waals surface area contributed by atoms with Crippen LogP contribution < -0.4 is 10.3 Å². The van der Waals surface area contributed by atoms with Gasteiger partial charge in [-0.3, -0.25) is 14.6 Å². The van der Waals surface area contributed by atoms with Gasteiger partial charge in [0.25, 0.3) is 5.56 Å². The minimum atomic E-state index is -0.542. The van der Waals surface area contributed by atoms with Gasteiger partial charge in [-0.05, 0) is 48.9 Å². The molecule has 0 radical (unpaired) electrons. The van der Waals surface area contributed by atoms with Crippen LogP contribution in [0.15, 0.2) is 59.7 Å². The Bertz CT molecular complexity index is 1250. The molecule has 0 spiro atoms. The lowest BCUT2D eigenvalue weighted by Crippen LogP contribution is -2.17. The molecule has 0 saturated heterocycles. The molecule has 0 N–H and O–H groups in total. The monoisotopic (exact) mass is 452 g/mol. The molecule has 0 aliphatic heterocycles. The summed E-state index contributed by atoms with van der Waals surface area (Å²) in [6, 6.07) is 9.45. The summed E-state index contributed by atoms with van der Waals surface area (Å²) in [5.74, 6) is -0.434.